The number of amides is 1. The lowest BCUT2D eigenvalue weighted by atomic mass is 10.2. The normalized spacial score (nSPS) is 15.3. The molecular weight excluding hydrogens is 370 g/mol. The summed E-state index contributed by atoms with van der Waals surface area (Å²) in [5.41, 5.74) is 1.90. The molecule has 0 radical (unpaired) electrons. The number of carbonyl (C=O) groups excluding carboxylic acids is 1. The van der Waals surface area contributed by atoms with Crippen LogP contribution in [0.4, 0.5) is 11.4 Å². The Bertz CT molecular complexity index is 698. The predicted molar refractivity (Wildman–Crippen MR) is 99.5 cm³/mol. The third-order valence-electron chi connectivity index (χ3n) is 4.10. The van der Waals surface area contributed by atoms with Crippen molar-refractivity contribution in [2.45, 2.75) is 0 Å². The second-order valence-electron chi connectivity index (χ2n) is 5.81. The minimum Gasteiger partial charge on any atom is -0.508 e. The van der Waals surface area contributed by atoms with Gasteiger partial charge in [-0.1, -0.05) is 12.1 Å². The smallest absolute Gasteiger partial charge is 0.238 e. The van der Waals surface area contributed by atoms with Gasteiger partial charge in [-0.05, 0) is 52.3 Å². The number of nitrogens with one attached hydrogen (secondary N) is 1. The summed E-state index contributed by atoms with van der Waals surface area (Å²) in [6.07, 6.45) is 0. The minimum absolute atomic E-state index is 0.0000153. The van der Waals surface area contributed by atoms with E-state index in [2.05, 4.69) is 31.0 Å². The molecule has 0 spiro atoms. The van der Waals surface area contributed by atoms with E-state index in [1.165, 1.54) is 0 Å². The van der Waals surface area contributed by atoms with E-state index < -0.39 is 0 Å². The summed E-state index contributed by atoms with van der Waals surface area (Å²) in [5.74, 6) is 0.279. The van der Waals surface area contributed by atoms with Gasteiger partial charge >= 0.3 is 0 Å². The van der Waals surface area contributed by atoms with Crippen molar-refractivity contribution in [2.75, 3.05) is 42.9 Å². The van der Waals surface area contributed by atoms with Gasteiger partial charge < -0.3 is 15.3 Å². The third kappa shape index (κ3) is 4.27. The Kier molecular flexibility index (Phi) is 5.37. The van der Waals surface area contributed by atoms with E-state index in [-0.39, 0.29) is 11.7 Å². The number of halogens is 1. The Morgan fingerprint density at radius 3 is 2.38 bits per heavy atom. The first-order chi connectivity index (χ1) is 11.6. The van der Waals surface area contributed by atoms with Crippen LogP contribution in [0, 0.1) is 0 Å². The highest BCUT2D eigenvalue weighted by Crippen LogP contribution is 2.22. The van der Waals surface area contributed by atoms with Crippen molar-refractivity contribution in [3.05, 3.63) is 53.0 Å². The monoisotopic (exact) mass is 389 g/mol. The van der Waals surface area contributed by atoms with Crippen LogP contribution in [0.1, 0.15) is 0 Å². The van der Waals surface area contributed by atoms with Crippen molar-refractivity contribution < 1.29 is 9.90 Å². The molecule has 1 fully saturated rings. The molecule has 3 rings (SSSR count). The fourth-order valence-corrected chi connectivity index (χ4v) is 3.17. The highest BCUT2D eigenvalue weighted by molar-refractivity contribution is 9.10. The second kappa shape index (κ2) is 7.68. The molecule has 5 nitrogen and oxygen atoms in total. The number of phenolic OH excluding ortho intramolecular Hbond substituents is 1. The van der Waals surface area contributed by atoms with Gasteiger partial charge in [-0.3, -0.25) is 9.69 Å². The maximum absolute atomic E-state index is 12.2. The van der Waals surface area contributed by atoms with Crippen LogP contribution in [-0.2, 0) is 4.79 Å². The molecule has 0 unspecified atom stereocenters. The van der Waals surface area contributed by atoms with Crippen molar-refractivity contribution in [1.29, 1.82) is 0 Å². The molecule has 1 aliphatic rings. The summed E-state index contributed by atoms with van der Waals surface area (Å²) in [6.45, 7) is 3.80. The van der Waals surface area contributed by atoms with Crippen LogP contribution in [0.3, 0.4) is 0 Å². The van der Waals surface area contributed by atoms with Crippen molar-refractivity contribution in [3.8, 4) is 5.75 Å². The van der Waals surface area contributed by atoms with Gasteiger partial charge in [-0.15, -0.1) is 0 Å². The molecule has 1 amide bonds. The minimum atomic E-state index is -0.0000153. The molecule has 1 heterocycles. The van der Waals surface area contributed by atoms with E-state index in [4.69, 9.17) is 0 Å². The fourth-order valence-electron chi connectivity index (χ4n) is 2.78. The van der Waals surface area contributed by atoms with E-state index in [0.717, 1.165) is 42.0 Å². The first kappa shape index (κ1) is 16.8. The van der Waals surface area contributed by atoms with E-state index in [1.807, 2.05) is 36.4 Å². The zero-order chi connectivity index (χ0) is 16.9. The molecular formula is C18H20BrN3O2. The highest BCUT2D eigenvalue weighted by atomic mass is 79.9. The van der Waals surface area contributed by atoms with Gasteiger partial charge in [-0.2, -0.15) is 0 Å². The van der Waals surface area contributed by atoms with Gasteiger partial charge in [0.25, 0.3) is 0 Å². The first-order valence-electron chi connectivity index (χ1n) is 7.92. The Morgan fingerprint density at radius 2 is 1.71 bits per heavy atom. The molecule has 0 aliphatic carbocycles. The van der Waals surface area contributed by atoms with E-state index in [9.17, 15) is 9.90 Å². The summed E-state index contributed by atoms with van der Waals surface area (Å²) in [7, 11) is 0. The van der Waals surface area contributed by atoms with Gasteiger partial charge in [0.05, 0.1) is 12.2 Å². The summed E-state index contributed by atoms with van der Waals surface area (Å²) in [6, 6.07) is 14.9. The third-order valence-corrected chi connectivity index (χ3v) is 4.79. The van der Waals surface area contributed by atoms with Gasteiger partial charge in [0.1, 0.15) is 5.75 Å². The Labute approximate surface area is 150 Å². The van der Waals surface area contributed by atoms with E-state index in [0.29, 0.717) is 6.54 Å². The quantitative estimate of drug-likeness (QED) is 0.843. The Hall–Kier alpha value is -2.05. The second-order valence-corrected chi connectivity index (χ2v) is 6.66. The number of para-hydroxylation sites is 1. The Morgan fingerprint density at radius 1 is 1.04 bits per heavy atom. The van der Waals surface area contributed by atoms with Crippen LogP contribution in [-0.4, -0.2) is 48.6 Å². The maximum Gasteiger partial charge on any atom is 0.238 e. The van der Waals surface area contributed by atoms with Gasteiger partial charge in [-0.25, -0.2) is 0 Å². The lowest BCUT2D eigenvalue weighted by Gasteiger charge is -2.35. The van der Waals surface area contributed by atoms with Crippen molar-refractivity contribution >= 4 is 33.2 Å². The summed E-state index contributed by atoms with van der Waals surface area (Å²) < 4.78 is 0.885. The van der Waals surface area contributed by atoms with Crippen LogP contribution in [0.5, 0.6) is 5.75 Å². The van der Waals surface area contributed by atoms with Crippen LogP contribution in [0.25, 0.3) is 0 Å². The lowest BCUT2D eigenvalue weighted by molar-refractivity contribution is -0.117. The van der Waals surface area contributed by atoms with Crippen molar-refractivity contribution in [1.82, 2.24) is 4.90 Å². The molecule has 0 aromatic heterocycles. The molecule has 2 aromatic carbocycles. The number of aromatic hydroxyl groups is 1. The van der Waals surface area contributed by atoms with Gasteiger partial charge in [0, 0.05) is 36.3 Å². The van der Waals surface area contributed by atoms with E-state index in [1.54, 1.807) is 12.1 Å². The molecule has 2 aromatic rings. The highest BCUT2D eigenvalue weighted by Gasteiger charge is 2.19. The van der Waals surface area contributed by atoms with Crippen LogP contribution < -0.4 is 10.2 Å². The topological polar surface area (TPSA) is 55.8 Å². The number of piperazine rings is 1. The number of hydrogen-bond acceptors (Lipinski definition) is 4. The number of hydrogen-bond donors (Lipinski definition) is 2. The number of anilines is 2. The van der Waals surface area contributed by atoms with Crippen LogP contribution >= 0.6 is 15.9 Å². The SMILES string of the molecule is O=C(CN1CCN(c2ccc(O)cc2)CC1)Nc1ccccc1Br. The first-order valence-corrected chi connectivity index (χ1v) is 8.72. The number of nitrogens with zero attached hydrogens (tertiary/aromatic N) is 2. The summed E-state index contributed by atoms with van der Waals surface area (Å²) in [4.78, 5) is 16.6. The Balaban J connectivity index is 1.49. The number of benzene rings is 2. The molecule has 1 saturated heterocycles. The van der Waals surface area contributed by atoms with Crippen molar-refractivity contribution in [3.63, 3.8) is 0 Å². The van der Waals surface area contributed by atoms with E-state index >= 15 is 0 Å². The maximum atomic E-state index is 12.2. The molecule has 0 atom stereocenters. The molecule has 0 bridgehead atoms. The lowest BCUT2D eigenvalue weighted by Crippen LogP contribution is -2.48. The number of carbonyl (C=O) groups is 1. The van der Waals surface area contributed by atoms with Gasteiger partial charge in [0.15, 0.2) is 0 Å². The standard InChI is InChI=1S/C18H20BrN3O2/c19-16-3-1-2-4-17(16)20-18(24)13-21-9-11-22(12-10-21)14-5-7-15(23)8-6-14/h1-8,23H,9-13H2,(H,20,24). The fraction of sp³-hybridized carbons (Fsp3) is 0.278. The molecule has 6 heteroatoms. The summed E-state index contributed by atoms with van der Waals surface area (Å²) >= 11 is 3.44. The average Bonchev–Trinajstić information content (AvgIpc) is 2.58. The number of phenols is 1. The molecule has 0 saturated carbocycles. The van der Waals surface area contributed by atoms with Crippen LogP contribution in [0.15, 0.2) is 53.0 Å². The zero-order valence-electron chi connectivity index (χ0n) is 13.3. The zero-order valence-corrected chi connectivity index (χ0v) is 14.9. The molecule has 126 valence electrons. The number of rotatable bonds is 4. The molecule has 2 N–H and O–H groups in total. The molecule has 1 aliphatic heterocycles. The largest absolute Gasteiger partial charge is 0.508 e. The predicted octanol–water partition coefficient (Wildman–Crippen LogP) is 2.92. The summed E-state index contributed by atoms with van der Waals surface area (Å²) in [5, 5.41) is 12.3. The van der Waals surface area contributed by atoms with Crippen molar-refractivity contribution in [2.24, 2.45) is 0 Å². The van der Waals surface area contributed by atoms with Crippen LogP contribution in [0.2, 0.25) is 0 Å². The molecule has 24 heavy (non-hydrogen) atoms. The van der Waals surface area contributed by atoms with Gasteiger partial charge in [0.2, 0.25) is 5.91 Å². The average molecular weight is 390 g/mol.